The van der Waals surface area contributed by atoms with Crippen molar-refractivity contribution in [3.8, 4) is 5.75 Å². The Bertz CT molecular complexity index is 1050. The summed E-state index contributed by atoms with van der Waals surface area (Å²) >= 11 is 0. The maximum Gasteiger partial charge on any atom is 0.234 e. The van der Waals surface area contributed by atoms with Gasteiger partial charge in [0.2, 0.25) is 15.9 Å². The fourth-order valence-corrected chi connectivity index (χ4v) is 3.53. The lowest BCUT2D eigenvalue weighted by atomic mass is 10.1. The van der Waals surface area contributed by atoms with Crippen LogP contribution in [0.5, 0.6) is 5.75 Å². The van der Waals surface area contributed by atoms with Gasteiger partial charge in [0.25, 0.3) is 0 Å². The molecule has 2 aromatic heterocycles. The van der Waals surface area contributed by atoms with E-state index in [1.807, 2.05) is 6.07 Å². The van der Waals surface area contributed by atoms with Gasteiger partial charge in [-0.25, -0.2) is 12.9 Å². The average Bonchev–Trinajstić information content (AvgIpc) is 3.09. The van der Waals surface area contributed by atoms with Crippen molar-refractivity contribution in [1.82, 2.24) is 14.9 Å². The summed E-state index contributed by atoms with van der Waals surface area (Å²) in [5, 5.41) is 6.68. The molecule has 0 fully saturated rings. The van der Waals surface area contributed by atoms with Crippen molar-refractivity contribution < 1.29 is 17.9 Å². The van der Waals surface area contributed by atoms with Crippen molar-refractivity contribution >= 4 is 27.1 Å². The molecule has 142 valence electrons. The number of sulfonamides is 1. The number of ether oxygens (including phenoxy) is 1. The number of hydrogen-bond acceptors (Lipinski definition) is 5. The van der Waals surface area contributed by atoms with E-state index < -0.39 is 10.0 Å². The van der Waals surface area contributed by atoms with Gasteiger partial charge in [0.1, 0.15) is 5.75 Å². The van der Waals surface area contributed by atoms with Crippen molar-refractivity contribution in [2.24, 2.45) is 0 Å². The first-order chi connectivity index (χ1) is 12.9. The van der Waals surface area contributed by atoms with E-state index in [4.69, 9.17) is 4.74 Å². The Balaban J connectivity index is 1.50. The smallest absolute Gasteiger partial charge is 0.234 e. The molecule has 1 amide bonds. The summed E-state index contributed by atoms with van der Waals surface area (Å²) < 4.78 is 33.6. The van der Waals surface area contributed by atoms with E-state index in [-0.39, 0.29) is 24.6 Å². The van der Waals surface area contributed by atoms with Crippen LogP contribution in [-0.4, -0.2) is 43.3 Å². The van der Waals surface area contributed by atoms with Crippen molar-refractivity contribution in [1.29, 1.82) is 0 Å². The third kappa shape index (κ3) is 5.20. The van der Waals surface area contributed by atoms with Gasteiger partial charge in [-0.2, -0.15) is 5.10 Å². The normalized spacial score (nSPS) is 11.3. The van der Waals surface area contributed by atoms with Crippen LogP contribution >= 0.6 is 0 Å². The number of carbonyl (C=O) groups is 1. The number of benzene rings is 1. The number of aromatic nitrogens is 2. The summed E-state index contributed by atoms with van der Waals surface area (Å²) in [7, 11) is -2.02. The first-order valence-corrected chi connectivity index (χ1v) is 9.94. The van der Waals surface area contributed by atoms with Gasteiger partial charge in [0.15, 0.2) is 0 Å². The van der Waals surface area contributed by atoms with Crippen molar-refractivity contribution in [3.05, 3.63) is 60.4 Å². The van der Waals surface area contributed by atoms with Crippen LogP contribution in [0.4, 0.5) is 5.69 Å². The van der Waals surface area contributed by atoms with Gasteiger partial charge in [-0.05, 0) is 35.9 Å². The van der Waals surface area contributed by atoms with Gasteiger partial charge in [-0.3, -0.25) is 9.52 Å². The molecule has 0 aliphatic rings. The highest BCUT2D eigenvalue weighted by molar-refractivity contribution is 7.92. The molecule has 0 unspecified atom stereocenters. The molecule has 0 radical (unpaired) electrons. The van der Waals surface area contributed by atoms with Gasteiger partial charge in [-0.1, -0.05) is 12.1 Å². The SMILES string of the molecule is COc1cccc(CC(=O)NCCS(=O)(=O)Nc2ccn3nccc3c2)c1. The zero-order valence-electron chi connectivity index (χ0n) is 14.8. The molecular weight excluding hydrogens is 368 g/mol. The Labute approximate surface area is 157 Å². The van der Waals surface area contributed by atoms with Crippen LogP contribution < -0.4 is 14.8 Å². The molecule has 0 saturated heterocycles. The van der Waals surface area contributed by atoms with E-state index in [0.29, 0.717) is 11.4 Å². The number of pyridine rings is 1. The van der Waals surface area contributed by atoms with Crippen LogP contribution in [0.2, 0.25) is 0 Å². The zero-order chi connectivity index (χ0) is 19.3. The predicted octanol–water partition coefficient (Wildman–Crippen LogP) is 1.44. The molecule has 8 nitrogen and oxygen atoms in total. The van der Waals surface area contributed by atoms with Crippen molar-refractivity contribution in [2.75, 3.05) is 24.1 Å². The number of methoxy groups -OCH3 is 1. The molecule has 0 atom stereocenters. The van der Waals surface area contributed by atoms with E-state index in [2.05, 4.69) is 15.1 Å². The minimum Gasteiger partial charge on any atom is -0.497 e. The Morgan fingerprint density at radius 1 is 1.22 bits per heavy atom. The number of nitrogens with one attached hydrogen (secondary N) is 2. The third-order valence-electron chi connectivity index (χ3n) is 3.86. The van der Waals surface area contributed by atoms with Gasteiger partial charge in [0, 0.05) is 18.9 Å². The van der Waals surface area contributed by atoms with Gasteiger partial charge in [-0.15, -0.1) is 0 Å². The lowest BCUT2D eigenvalue weighted by molar-refractivity contribution is -0.120. The van der Waals surface area contributed by atoms with Gasteiger partial charge in [0.05, 0.1) is 30.5 Å². The summed E-state index contributed by atoms with van der Waals surface area (Å²) in [5.41, 5.74) is 2.02. The number of carbonyl (C=O) groups excluding carboxylic acids is 1. The Morgan fingerprint density at radius 3 is 2.89 bits per heavy atom. The van der Waals surface area contributed by atoms with E-state index in [0.717, 1.165) is 11.1 Å². The van der Waals surface area contributed by atoms with E-state index >= 15 is 0 Å². The summed E-state index contributed by atoms with van der Waals surface area (Å²) in [6.07, 6.45) is 3.46. The standard InChI is InChI=1S/C18H20N4O4S/c1-26-17-4-2-3-14(11-17)12-18(23)19-8-10-27(24,25)21-15-6-9-22-16(13-15)5-7-20-22/h2-7,9,11,13,21H,8,10,12H2,1H3,(H,19,23). The lowest BCUT2D eigenvalue weighted by Gasteiger charge is -2.10. The van der Waals surface area contributed by atoms with Crippen LogP contribution in [0.3, 0.4) is 0 Å². The fraction of sp³-hybridized carbons (Fsp3) is 0.222. The monoisotopic (exact) mass is 388 g/mol. The van der Waals surface area contributed by atoms with Crippen LogP contribution in [0.15, 0.2) is 54.9 Å². The van der Waals surface area contributed by atoms with E-state index in [1.165, 1.54) is 0 Å². The van der Waals surface area contributed by atoms with Crippen LogP contribution in [0.1, 0.15) is 5.56 Å². The molecule has 2 heterocycles. The molecule has 3 aromatic rings. The lowest BCUT2D eigenvalue weighted by Crippen LogP contribution is -2.32. The molecular formula is C18H20N4O4S. The molecule has 0 spiro atoms. The van der Waals surface area contributed by atoms with E-state index in [1.54, 1.807) is 60.4 Å². The molecule has 3 rings (SSSR count). The second-order valence-corrected chi connectivity index (χ2v) is 7.76. The summed E-state index contributed by atoms with van der Waals surface area (Å²) in [6.45, 7) is 0.0209. The predicted molar refractivity (Wildman–Crippen MR) is 102 cm³/mol. The number of nitrogens with zero attached hydrogens (tertiary/aromatic N) is 2. The van der Waals surface area contributed by atoms with Crippen LogP contribution in [-0.2, 0) is 21.2 Å². The minimum absolute atomic E-state index is 0.0209. The highest BCUT2D eigenvalue weighted by Crippen LogP contribution is 2.14. The maximum atomic E-state index is 12.2. The number of anilines is 1. The zero-order valence-corrected chi connectivity index (χ0v) is 15.6. The van der Waals surface area contributed by atoms with Gasteiger partial charge >= 0.3 is 0 Å². The number of amides is 1. The Morgan fingerprint density at radius 2 is 2.07 bits per heavy atom. The first-order valence-electron chi connectivity index (χ1n) is 8.29. The average molecular weight is 388 g/mol. The Hall–Kier alpha value is -3.07. The highest BCUT2D eigenvalue weighted by atomic mass is 32.2. The highest BCUT2D eigenvalue weighted by Gasteiger charge is 2.12. The number of fused-ring (bicyclic) bond motifs is 1. The Kier molecular flexibility index (Phi) is 5.60. The largest absolute Gasteiger partial charge is 0.497 e. The minimum atomic E-state index is -3.58. The second-order valence-electron chi connectivity index (χ2n) is 5.92. The molecule has 0 aliphatic heterocycles. The maximum absolute atomic E-state index is 12.2. The van der Waals surface area contributed by atoms with E-state index in [9.17, 15) is 13.2 Å². The molecule has 0 bridgehead atoms. The fourth-order valence-electron chi connectivity index (χ4n) is 2.57. The van der Waals surface area contributed by atoms with Gasteiger partial charge < -0.3 is 10.1 Å². The molecule has 2 N–H and O–H groups in total. The molecule has 9 heteroatoms. The first kappa shape index (κ1) is 18.7. The molecule has 27 heavy (non-hydrogen) atoms. The number of rotatable bonds is 8. The third-order valence-corrected chi connectivity index (χ3v) is 5.15. The van der Waals surface area contributed by atoms with Crippen LogP contribution in [0, 0.1) is 0 Å². The molecule has 0 saturated carbocycles. The summed E-state index contributed by atoms with van der Waals surface area (Å²) in [6, 6.07) is 12.3. The summed E-state index contributed by atoms with van der Waals surface area (Å²) in [5.74, 6) is 0.197. The quantitative estimate of drug-likeness (QED) is 0.608. The van der Waals surface area contributed by atoms with Crippen molar-refractivity contribution in [2.45, 2.75) is 6.42 Å². The van der Waals surface area contributed by atoms with Crippen molar-refractivity contribution in [3.63, 3.8) is 0 Å². The van der Waals surface area contributed by atoms with Crippen LogP contribution in [0.25, 0.3) is 5.52 Å². The number of hydrogen-bond donors (Lipinski definition) is 2. The molecule has 0 aliphatic carbocycles. The summed E-state index contributed by atoms with van der Waals surface area (Å²) in [4.78, 5) is 12.0. The topological polar surface area (TPSA) is 102 Å². The molecule has 1 aromatic carbocycles. The second kappa shape index (κ2) is 8.09.